The van der Waals surface area contributed by atoms with Crippen molar-refractivity contribution in [2.24, 2.45) is 47.3 Å². The Morgan fingerprint density at radius 1 is 0.854 bits per heavy atom. The van der Waals surface area contributed by atoms with Crippen molar-refractivity contribution in [1.29, 1.82) is 0 Å². The summed E-state index contributed by atoms with van der Waals surface area (Å²) in [5, 5.41) is 111. The maximum Gasteiger partial charge on any atom is 0.325 e. The second-order valence-electron chi connectivity index (χ2n) is 24.4. The third-order valence-electron chi connectivity index (χ3n) is 17.8. The lowest BCUT2D eigenvalue weighted by atomic mass is 9.69. The summed E-state index contributed by atoms with van der Waals surface area (Å²) in [6.07, 6.45) is -8.79. The van der Waals surface area contributed by atoms with Crippen molar-refractivity contribution in [3.05, 3.63) is 53.6 Å². The number of benzene rings is 1. The van der Waals surface area contributed by atoms with Gasteiger partial charge in [-0.2, -0.15) is 0 Å². The average Bonchev–Trinajstić information content (AvgIpc) is 3.63. The van der Waals surface area contributed by atoms with Crippen LogP contribution in [-0.4, -0.2) is 178 Å². The first kappa shape index (κ1) is 67.9. The van der Waals surface area contributed by atoms with Gasteiger partial charge in [0.1, 0.15) is 41.5 Å². The zero-order valence-corrected chi connectivity index (χ0v) is 49.4. The molecule has 0 saturated carbocycles. The normalized spacial score (nSPS) is 36.2. The number of hydrogen-bond acceptors (Lipinski definition) is 18. The predicted octanol–water partition coefficient (Wildman–Crippen LogP) is 1.74. The number of esters is 1. The fraction of sp³-hybridized carbons (Fsp3) is 0.733. The molecule has 0 aromatic heterocycles. The fourth-order valence-electron chi connectivity index (χ4n) is 11.9. The Labute approximate surface area is 482 Å². The number of cyclic esters (lactones) is 1. The third-order valence-corrected chi connectivity index (χ3v) is 17.8. The van der Waals surface area contributed by atoms with Crippen LogP contribution in [0.2, 0.25) is 0 Å². The Hall–Kier alpha value is -4.88. The molecule has 0 radical (unpaired) electrons. The molecule has 0 aliphatic carbocycles. The Balaban J connectivity index is 1.39. The van der Waals surface area contributed by atoms with Gasteiger partial charge in [0.2, 0.25) is 17.7 Å². The van der Waals surface area contributed by atoms with Gasteiger partial charge in [0, 0.05) is 61.8 Å². The van der Waals surface area contributed by atoms with Crippen molar-refractivity contribution in [2.75, 3.05) is 6.54 Å². The van der Waals surface area contributed by atoms with Crippen molar-refractivity contribution in [1.82, 2.24) is 26.4 Å². The number of aromatic hydroxyl groups is 1. The highest BCUT2D eigenvalue weighted by Crippen LogP contribution is 2.46. The molecule has 2 bridgehead atoms. The first-order valence-corrected chi connectivity index (χ1v) is 29.5. The Kier molecular flexibility index (Phi) is 25.1. The number of phenols is 1. The molecule has 13 N–H and O–H groups in total. The van der Waals surface area contributed by atoms with Crippen LogP contribution in [0.25, 0.3) is 0 Å². The minimum absolute atomic E-state index is 0.00556. The molecule has 3 fully saturated rings. The maximum absolute atomic E-state index is 14.6. The molecule has 4 heterocycles. The number of nitrogens with one attached hydrogen (secondary N) is 4. The van der Waals surface area contributed by atoms with Crippen LogP contribution in [0.5, 0.6) is 5.75 Å². The molecule has 1 aromatic rings. The molecule has 462 valence electrons. The molecule has 4 aliphatic heterocycles. The van der Waals surface area contributed by atoms with Crippen molar-refractivity contribution in [2.45, 2.75) is 225 Å². The van der Waals surface area contributed by atoms with Gasteiger partial charge < -0.3 is 76.2 Å². The van der Waals surface area contributed by atoms with Gasteiger partial charge in [-0.3, -0.25) is 29.0 Å². The van der Waals surface area contributed by atoms with Gasteiger partial charge in [0.25, 0.3) is 5.91 Å². The molecule has 4 aliphatic rings. The number of amides is 4. The summed E-state index contributed by atoms with van der Waals surface area (Å²) < 4.78 is 12.7. The SMILES string of the molecule is CC[C@H]1C[C@H](C)[C@@]2(NC1=O)O[C@@H](C[C@H](O)[C@@H](C)CC[C@H](O)[C@@H](O)/C=C(\C)[C@@H]1CC(O)C(O)/C=C\[C@H](O)[C@H](C)[C@@H](O)[C@@H](CCC(C)=O)C(=O)N[C@@H](C(C)C)C(=O)N[C@@H](Cc3cccc(O)c3)C(=O)N3CCC[C@H](N3)C(=O)O1)[C@H](C)[C@H](O)[C@@H]2C. The quantitative estimate of drug-likeness (QED) is 0.0828. The monoisotopic (exact) mass is 1160 g/mol. The molecular formula is C60H95N5O17. The smallest absolute Gasteiger partial charge is 0.325 e. The summed E-state index contributed by atoms with van der Waals surface area (Å²) in [6.45, 7) is 17.1. The van der Waals surface area contributed by atoms with E-state index in [4.69, 9.17) is 9.47 Å². The van der Waals surface area contributed by atoms with E-state index in [0.29, 0.717) is 18.4 Å². The van der Waals surface area contributed by atoms with E-state index >= 15 is 0 Å². The number of rotatable bonds is 16. The molecule has 5 rings (SSSR count). The lowest BCUT2D eigenvalue weighted by Crippen LogP contribution is -2.71. The summed E-state index contributed by atoms with van der Waals surface area (Å²) in [4.78, 5) is 82.5. The number of nitrogens with zero attached hydrogens (tertiary/aromatic N) is 1. The van der Waals surface area contributed by atoms with Gasteiger partial charge >= 0.3 is 5.97 Å². The van der Waals surface area contributed by atoms with E-state index in [1.165, 1.54) is 44.0 Å². The molecule has 21 atom stereocenters. The van der Waals surface area contributed by atoms with Gasteiger partial charge in [0.15, 0.2) is 0 Å². The summed E-state index contributed by atoms with van der Waals surface area (Å²) in [7, 11) is 0. The molecule has 82 heavy (non-hydrogen) atoms. The molecule has 1 spiro atoms. The Morgan fingerprint density at radius 3 is 2.18 bits per heavy atom. The van der Waals surface area contributed by atoms with E-state index in [-0.39, 0.29) is 98.7 Å². The van der Waals surface area contributed by atoms with E-state index in [0.717, 1.165) is 12.2 Å². The van der Waals surface area contributed by atoms with Crippen LogP contribution in [-0.2, 0) is 44.7 Å². The minimum Gasteiger partial charge on any atom is -0.508 e. The van der Waals surface area contributed by atoms with Crippen molar-refractivity contribution >= 4 is 35.4 Å². The van der Waals surface area contributed by atoms with Crippen LogP contribution >= 0.6 is 0 Å². The zero-order chi connectivity index (χ0) is 61.1. The largest absolute Gasteiger partial charge is 0.508 e. The highest BCUT2D eigenvalue weighted by atomic mass is 16.5. The van der Waals surface area contributed by atoms with Crippen LogP contribution in [0.4, 0.5) is 0 Å². The van der Waals surface area contributed by atoms with Crippen molar-refractivity contribution in [3.63, 3.8) is 0 Å². The van der Waals surface area contributed by atoms with Crippen LogP contribution in [0, 0.1) is 47.3 Å². The lowest BCUT2D eigenvalue weighted by Gasteiger charge is -2.56. The number of hydrazine groups is 1. The molecule has 4 amide bonds. The van der Waals surface area contributed by atoms with Crippen LogP contribution in [0.1, 0.15) is 139 Å². The first-order valence-electron chi connectivity index (χ1n) is 29.5. The second-order valence-corrected chi connectivity index (χ2v) is 24.4. The molecule has 3 saturated heterocycles. The van der Waals surface area contributed by atoms with Gasteiger partial charge in [-0.05, 0) is 93.9 Å². The van der Waals surface area contributed by atoms with E-state index in [9.17, 15) is 74.7 Å². The van der Waals surface area contributed by atoms with Gasteiger partial charge in [-0.25, -0.2) is 5.43 Å². The molecule has 22 heteroatoms. The van der Waals surface area contributed by atoms with E-state index < -0.39 is 145 Å². The van der Waals surface area contributed by atoms with Crippen LogP contribution in [0.15, 0.2) is 48.1 Å². The van der Waals surface area contributed by atoms with Gasteiger partial charge in [-0.1, -0.05) is 85.8 Å². The van der Waals surface area contributed by atoms with Gasteiger partial charge in [0.05, 0.1) is 60.9 Å². The summed E-state index contributed by atoms with van der Waals surface area (Å²) in [5.41, 5.74) is 2.41. The number of carbonyl (C=O) groups excluding carboxylic acids is 6. The van der Waals surface area contributed by atoms with E-state index in [1.54, 1.807) is 32.9 Å². The minimum atomic E-state index is -1.72. The number of aliphatic hydroxyl groups excluding tert-OH is 8. The molecular weight excluding hydrogens is 1060 g/mol. The zero-order valence-electron chi connectivity index (χ0n) is 49.4. The fourth-order valence-corrected chi connectivity index (χ4v) is 11.9. The predicted molar refractivity (Wildman–Crippen MR) is 301 cm³/mol. The van der Waals surface area contributed by atoms with E-state index in [2.05, 4.69) is 21.4 Å². The number of aliphatic hydroxyl groups is 8. The summed E-state index contributed by atoms with van der Waals surface area (Å²) in [6, 6.07) is 2.25. The Bertz CT molecular complexity index is 2390. The number of ketones is 1. The number of ether oxygens (including phenoxy) is 2. The van der Waals surface area contributed by atoms with Crippen molar-refractivity contribution in [3.8, 4) is 5.75 Å². The lowest BCUT2D eigenvalue weighted by molar-refractivity contribution is -0.267. The number of phenolic OH excluding ortho intramolecular Hbond substituents is 1. The highest BCUT2D eigenvalue weighted by Gasteiger charge is 2.57. The summed E-state index contributed by atoms with van der Waals surface area (Å²) in [5.74, 6) is -8.23. The highest BCUT2D eigenvalue weighted by molar-refractivity contribution is 5.93. The average molecular weight is 1160 g/mol. The topological polar surface area (TPSA) is 354 Å². The molecule has 22 nitrogen and oxygen atoms in total. The first-order chi connectivity index (χ1) is 38.5. The molecule has 1 aromatic carbocycles. The number of fused-ring (bicyclic) bond motifs is 2. The standard InChI is InChI=1S/C60H95N5O17/c1-11-39-25-33(6)60(63-55(39)76)37(10)53(74)36(9)51(82-60)28-47(71)31(4)17-20-45(69)48(72)24-32(5)50-29-49(73)46(70)22-21-44(68)35(8)54(75)41(19-18-34(7)66)56(77)62-52(30(2)3)57(78)61-43(27-38-14-12-15-40(67)26-38)58(79)65-23-13-16-42(64-65)59(80)81-50/h12,14-15,21-22,24,26,30-31,33,35-37,39,41-54,64,67-75H,11,13,16-20,23,25,27-29H2,1-10H3,(H,61,78)(H,62,77)(H,63,76)/b22-21-,32-24+/t31-,33-,35-,36-,37-,39-,41+,42-,43-,44-,45-,46?,47-,48-,49?,50-,51-,52-,53-,54+,60+/m0/s1. The van der Waals surface area contributed by atoms with Crippen molar-refractivity contribution < 1.29 is 84.2 Å². The maximum atomic E-state index is 14.6. The third kappa shape index (κ3) is 17.4. The Morgan fingerprint density at radius 2 is 1.54 bits per heavy atom. The molecule has 2 unspecified atom stereocenters. The van der Waals surface area contributed by atoms with Crippen LogP contribution < -0.4 is 21.4 Å². The van der Waals surface area contributed by atoms with E-state index in [1.807, 2.05) is 27.7 Å². The number of Topliss-reactive ketones (excluding diaryl/α,β-unsaturated/α-hetero) is 1. The number of piperidine rings is 1. The number of hydrogen-bond donors (Lipinski definition) is 13. The van der Waals surface area contributed by atoms with Crippen LogP contribution in [0.3, 0.4) is 0 Å². The summed E-state index contributed by atoms with van der Waals surface area (Å²) >= 11 is 0. The number of carbonyl (C=O) groups is 6. The second kappa shape index (κ2) is 30.3. The van der Waals surface area contributed by atoms with Gasteiger partial charge in [-0.15, -0.1) is 0 Å².